The normalized spacial score (nSPS) is 23.7. The van der Waals surface area contributed by atoms with Crippen molar-refractivity contribution in [3.05, 3.63) is 47.0 Å². The number of amides is 1. The van der Waals surface area contributed by atoms with Crippen molar-refractivity contribution in [3.8, 4) is 0 Å². The van der Waals surface area contributed by atoms with Gasteiger partial charge >= 0.3 is 0 Å². The van der Waals surface area contributed by atoms with Gasteiger partial charge in [0, 0.05) is 18.5 Å². The summed E-state index contributed by atoms with van der Waals surface area (Å²) in [7, 11) is 0. The molecule has 1 aromatic carbocycles. The lowest BCUT2D eigenvalue weighted by molar-refractivity contribution is 0.0739. The van der Waals surface area contributed by atoms with Gasteiger partial charge in [-0.2, -0.15) is 0 Å². The van der Waals surface area contributed by atoms with Crippen molar-refractivity contribution in [3.63, 3.8) is 0 Å². The Hall–Kier alpha value is -2.28. The highest BCUT2D eigenvalue weighted by Gasteiger charge is 2.36. The number of aromatic nitrogens is 3. The average Bonchev–Trinajstić information content (AvgIpc) is 3.25. The molecule has 2 aliphatic rings. The van der Waals surface area contributed by atoms with Crippen molar-refractivity contribution < 1.29 is 9.18 Å². The van der Waals surface area contributed by atoms with Gasteiger partial charge < -0.3 is 10.2 Å². The zero-order valence-electron chi connectivity index (χ0n) is 15.9. The van der Waals surface area contributed by atoms with Crippen LogP contribution in [0.25, 0.3) is 0 Å². The van der Waals surface area contributed by atoms with Crippen molar-refractivity contribution in [1.29, 1.82) is 0 Å². The minimum atomic E-state index is -0.233. The predicted molar refractivity (Wildman–Crippen MR) is 100 cm³/mol. The van der Waals surface area contributed by atoms with Gasteiger partial charge in [0.1, 0.15) is 5.82 Å². The average molecular weight is 371 g/mol. The molecule has 7 heteroatoms. The third kappa shape index (κ3) is 3.48. The van der Waals surface area contributed by atoms with Gasteiger partial charge in [-0.3, -0.25) is 4.79 Å². The maximum Gasteiger partial charge on any atom is 0.276 e. The van der Waals surface area contributed by atoms with Crippen molar-refractivity contribution in [2.75, 3.05) is 19.6 Å². The van der Waals surface area contributed by atoms with Gasteiger partial charge in [0.15, 0.2) is 5.69 Å². The van der Waals surface area contributed by atoms with Crippen LogP contribution in [0.2, 0.25) is 0 Å². The summed E-state index contributed by atoms with van der Waals surface area (Å²) in [6.07, 6.45) is 2.88. The van der Waals surface area contributed by atoms with E-state index in [-0.39, 0.29) is 23.7 Å². The van der Waals surface area contributed by atoms with Gasteiger partial charge in [0.2, 0.25) is 0 Å². The number of nitrogens with zero attached hydrogens (tertiary/aromatic N) is 4. The van der Waals surface area contributed by atoms with Crippen molar-refractivity contribution in [2.24, 2.45) is 0 Å². The number of halogens is 1. The molecule has 2 saturated heterocycles. The molecule has 6 nitrogen and oxygen atoms in total. The number of carbonyl (C=O) groups excluding carboxylic acids is 1. The van der Waals surface area contributed by atoms with Crippen LogP contribution < -0.4 is 5.32 Å². The van der Waals surface area contributed by atoms with E-state index in [0.29, 0.717) is 18.3 Å². The Bertz CT molecular complexity index is 812. The lowest BCUT2D eigenvalue weighted by Gasteiger charge is -2.24. The van der Waals surface area contributed by atoms with Crippen LogP contribution in [0.1, 0.15) is 59.9 Å². The molecular weight excluding hydrogens is 345 g/mol. The van der Waals surface area contributed by atoms with E-state index in [1.165, 1.54) is 12.1 Å². The van der Waals surface area contributed by atoms with Crippen LogP contribution in [0, 0.1) is 12.7 Å². The summed E-state index contributed by atoms with van der Waals surface area (Å²) in [5.41, 5.74) is 2.39. The van der Waals surface area contributed by atoms with Crippen LogP contribution in [0.3, 0.4) is 0 Å². The monoisotopic (exact) mass is 371 g/mol. The second kappa shape index (κ2) is 7.38. The minimum absolute atomic E-state index is 0.0511. The number of piperidine rings is 1. The molecule has 4 rings (SSSR count). The van der Waals surface area contributed by atoms with Crippen LogP contribution in [-0.2, 0) is 0 Å². The highest BCUT2D eigenvalue weighted by molar-refractivity contribution is 5.93. The zero-order valence-corrected chi connectivity index (χ0v) is 15.9. The van der Waals surface area contributed by atoms with Gasteiger partial charge in [-0.25, -0.2) is 9.07 Å². The lowest BCUT2D eigenvalue weighted by atomic mass is 9.97. The first-order valence-corrected chi connectivity index (χ1v) is 9.73. The van der Waals surface area contributed by atoms with Crippen LogP contribution in [-0.4, -0.2) is 51.5 Å². The molecule has 0 aliphatic carbocycles. The molecule has 1 N–H and O–H groups in total. The fourth-order valence-electron chi connectivity index (χ4n) is 4.36. The summed E-state index contributed by atoms with van der Waals surface area (Å²) in [6, 6.07) is 7.04. The summed E-state index contributed by atoms with van der Waals surface area (Å²) in [4.78, 5) is 15.0. The minimum Gasteiger partial charge on any atom is -0.334 e. The van der Waals surface area contributed by atoms with E-state index < -0.39 is 0 Å². The molecule has 1 amide bonds. The standard InChI is InChI=1S/C20H26FN5O/c1-13-11-16(15-3-5-17(21)6-4-15)12-25(13)20(27)19-14(2)26(24-23-19)18-7-9-22-10-8-18/h3-6,13,16,18,22H,7-12H2,1-2H3. The Morgan fingerprint density at radius 2 is 1.93 bits per heavy atom. The predicted octanol–water partition coefficient (Wildman–Crippen LogP) is 2.67. The Balaban J connectivity index is 1.51. The molecule has 2 aliphatic heterocycles. The molecule has 2 unspecified atom stereocenters. The quantitative estimate of drug-likeness (QED) is 0.901. The fraction of sp³-hybridized carbons (Fsp3) is 0.550. The van der Waals surface area contributed by atoms with Gasteiger partial charge in [0.25, 0.3) is 5.91 Å². The van der Waals surface area contributed by atoms with Gasteiger partial charge in [-0.15, -0.1) is 5.10 Å². The second-order valence-corrected chi connectivity index (χ2v) is 7.74. The first-order valence-electron chi connectivity index (χ1n) is 9.73. The topological polar surface area (TPSA) is 63.1 Å². The van der Waals surface area contributed by atoms with E-state index in [0.717, 1.165) is 43.6 Å². The highest BCUT2D eigenvalue weighted by Crippen LogP contribution is 2.33. The summed E-state index contributed by atoms with van der Waals surface area (Å²) >= 11 is 0. The number of rotatable bonds is 3. The molecule has 1 aromatic heterocycles. The summed E-state index contributed by atoms with van der Waals surface area (Å²) < 4.78 is 15.1. The molecule has 0 spiro atoms. The molecule has 2 aromatic rings. The molecule has 2 atom stereocenters. The largest absolute Gasteiger partial charge is 0.334 e. The van der Waals surface area contributed by atoms with E-state index in [1.807, 2.05) is 28.6 Å². The molecule has 0 bridgehead atoms. The molecule has 27 heavy (non-hydrogen) atoms. The first kappa shape index (κ1) is 18.1. The first-order chi connectivity index (χ1) is 13.0. The molecule has 3 heterocycles. The van der Waals surface area contributed by atoms with Crippen LogP contribution in [0.4, 0.5) is 4.39 Å². The van der Waals surface area contributed by atoms with Crippen molar-refractivity contribution in [1.82, 2.24) is 25.2 Å². The van der Waals surface area contributed by atoms with E-state index in [4.69, 9.17) is 0 Å². The zero-order chi connectivity index (χ0) is 19.0. The number of hydrogen-bond donors (Lipinski definition) is 1. The number of likely N-dealkylation sites (tertiary alicyclic amines) is 1. The summed E-state index contributed by atoms with van der Waals surface area (Å²) in [5, 5.41) is 11.9. The summed E-state index contributed by atoms with van der Waals surface area (Å²) in [6.45, 7) is 6.57. The third-order valence-corrected chi connectivity index (χ3v) is 5.96. The van der Waals surface area contributed by atoms with E-state index in [9.17, 15) is 9.18 Å². The molecule has 144 valence electrons. The highest BCUT2D eigenvalue weighted by atomic mass is 19.1. The molecular formula is C20H26FN5O. The smallest absolute Gasteiger partial charge is 0.276 e. The second-order valence-electron chi connectivity index (χ2n) is 7.74. The van der Waals surface area contributed by atoms with Crippen molar-refractivity contribution >= 4 is 5.91 Å². The third-order valence-electron chi connectivity index (χ3n) is 5.96. The van der Waals surface area contributed by atoms with Crippen molar-refractivity contribution in [2.45, 2.75) is 51.1 Å². The van der Waals surface area contributed by atoms with Gasteiger partial charge in [0.05, 0.1) is 11.7 Å². The maximum absolute atomic E-state index is 13.2. The number of nitrogens with one attached hydrogen (secondary N) is 1. The number of benzene rings is 1. The summed E-state index contributed by atoms with van der Waals surface area (Å²) in [5.74, 6) is -0.0583. The van der Waals surface area contributed by atoms with E-state index in [1.54, 1.807) is 0 Å². The fourth-order valence-corrected chi connectivity index (χ4v) is 4.36. The van der Waals surface area contributed by atoms with Crippen LogP contribution in [0.5, 0.6) is 0 Å². The Morgan fingerprint density at radius 1 is 1.22 bits per heavy atom. The van der Waals surface area contributed by atoms with Crippen LogP contribution >= 0.6 is 0 Å². The Labute approximate surface area is 158 Å². The van der Waals surface area contributed by atoms with E-state index in [2.05, 4.69) is 22.6 Å². The van der Waals surface area contributed by atoms with Gasteiger partial charge in [-0.1, -0.05) is 17.3 Å². The van der Waals surface area contributed by atoms with Crippen LogP contribution in [0.15, 0.2) is 24.3 Å². The SMILES string of the molecule is Cc1c(C(=O)N2CC(c3ccc(F)cc3)CC2C)nnn1C1CCNCC1. The number of carbonyl (C=O) groups is 1. The Morgan fingerprint density at radius 3 is 2.63 bits per heavy atom. The lowest BCUT2D eigenvalue weighted by Crippen LogP contribution is -2.35. The molecule has 2 fully saturated rings. The number of hydrogen-bond acceptors (Lipinski definition) is 4. The molecule has 0 saturated carbocycles. The Kier molecular flexibility index (Phi) is 4.95. The van der Waals surface area contributed by atoms with Gasteiger partial charge in [-0.05, 0) is 63.9 Å². The maximum atomic E-state index is 13.2. The molecule has 0 radical (unpaired) electrons. The van der Waals surface area contributed by atoms with E-state index >= 15 is 0 Å².